The molecule has 0 spiro atoms. The molecule has 0 bridgehead atoms. The molecule has 69 heavy (non-hydrogen) atoms. The Bertz CT molecular complexity index is 3170. The Morgan fingerprint density at radius 3 is 1.30 bits per heavy atom. The molecule has 0 atom stereocenters. The van der Waals surface area contributed by atoms with Crippen LogP contribution in [0.15, 0.2) is 219 Å². The van der Waals surface area contributed by atoms with Gasteiger partial charge < -0.3 is 24.4 Å². The van der Waals surface area contributed by atoms with Crippen LogP contribution in [0.25, 0.3) is 78.3 Å². The van der Waals surface area contributed by atoms with E-state index in [9.17, 15) is 0 Å². The summed E-state index contributed by atoms with van der Waals surface area (Å²) in [6.45, 7) is 8.29. The van der Waals surface area contributed by atoms with Gasteiger partial charge in [-0.25, -0.2) is 0 Å². The van der Waals surface area contributed by atoms with Crippen LogP contribution >= 0.6 is 0 Å². The molecular weight excluding hydrogens is 1020 g/mol. The zero-order valence-electron chi connectivity index (χ0n) is 38.8. The average molecular weight is 1070 g/mol. The van der Waals surface area contributed by atoms with E-state index < -0.39 is 11.2 Å². The van der Waals surface area contributed by atoms with Crippen molar-refractivity contribution in [1.82, 2.24) is 15.0 Å². The van der Waals surface area contributed by atoms with Crippen LogP contribution in [0.3, 0.4) is 0 Å². The second-order valence-corrected chi connectivity index (χ2v) is 17.7. The maximum Gasteiger partial charge on any atom is 3.00 e. The Morgan fingerprint density at radius 2 is 0.797 bits per heavy atom. The van der Waals surface area contributed by atoms with Gasteiger partial charge in [0.2, 0.25) is 0 Å². The summed E-state index contributed by atoms with van der Waals surface area (Å²) in [6.07, 6.45) is 5.46. The Balaban J connectivity index is 0.00000593. The molecule has 0 amide bonds. The minimum atomic E-state index is -0.720. The van der Waals surface area contributed by atoms with Crippen LogP contribution < -0.4 is 9.47 Å². The van der Waals surface area contributed by atoms with E-state index in [-0.39, 0.29) is 20.1 Å². The number of hydrogen-bond donors (Lipinski definition) is 0. The monoisotopic (exact) mass is 1070 g/mol. The van der Waals surface area contributed by atoms with Crippen molar-refractivity contribution in [2.24, 2.45) is 0 Å². The van der Waals surface area contributed by atoms with Gasteiger partial charge in [0.05, 0.1) is 11.2 Å². The van der Waals surface area contributed by atoms with Crippen LogP contribution in [0.2, 0.25) is 0 Å². The fourth-order valence-corrected chi connectivity index (χ4v) is 8.50. The topological polar surface area (TPSA) is 57.1 Å². The molecule has 0 unspecified atom stereocenters. The van der Waals surface area contributed by atoms with Crippen molar-refractivity contribution in [1.29, 1.82) is 0 Å². The zero-order valence-corrected chi connectivity index (χ0v) is 41.2. The van der Waals surface area contributed by atoms with E-state index in [2.05, 4.69) is 183 Å². The third kappa shape index (κ3) is 10.5. The van der Waals surface area contributed by atoms with Gasteiger partial charge >= 0.3 is 20.1 Å². The smallest absolute Gasteiger partial charge is 0.492 e. The maximum atomic E-state index is 6.96. The van der Waals surface area contributed by atoms with E-state index in [0.717, 1.165) is 78.3 Å². The first kappa shape index (κ1) is 46.4. The molecule has 0 aliphatic heterocycles. The Morgan fingerprint density at radius 1 is 0.348 bits per heavy atom. The van der Waals surface area contributed by atoms with Gasteiger partial charge in [0.1, 0.15) is 11.5 Å². The van der Waals surface area contributed by atoms with Gasteiger partial charge in [0.25, 0.3) is 0 Å². The third-order valence-electron chi connectivity index (χ3n) is 12.2. The van der Waals surface area contributed by atoms with Gasteiger partial charge in [-0.05, 0) is 108 Å². The number of pyridine rings is 3. The molecule has 0 N–H and O–H groups in total. The van der Waals surface area contributed by atoms with Crippen molar-refractivity contribution in [2.75, 3.05) is 0 Å². The summed E-state index contributed by atoms with van der Waals surface area (Å²) in [5, 5.41) is 0. The predicted octanol–water partition coefficient (Wildman–Crippen LogP) is 15.6. The van der Waals surface area contributed by atoms with Crippen molar-refractivity contribution in [3.05, 3.63) is 248 Å². The van der Waals surface area contributed by atoms with Crippen molar-refractivity contribution < 1.29 is 29.6 Å². The minimum absolute atomic E-state index is 0. The van der Waals surface area contributed by atoms with Crippen molar-refractivity contribution in [3.63, 3.8) is 0 Å². The summed E-state index contributed by atoms with van der Waals surface area (Å²) in [5.74, 6) is 1.34. The largest absolute Gasteiger partial charge is 3.00 e. The van der Waals surface area contributed by atoms with E-state index in [1.54, 1.807) is 12.4 Å². The van der Waals surface area contributed by atoms with Gasteiger partial charge in [-0.1, -0.05) is 131 Å². The summed E-state index contributed by atoms with van der Waals surface area (Å²) in [7, 11) is 0. The van der Waals surface area contributed by atoms with Crippen LogP contribution in [0.5, 0.6) is 11.5 Å². The molecule has 10 aromatic rings. The van der Waals surface area contributed by atoms with Crippen LogP contribution in [0, 0.1) is 18.2 Å². The van der Waals surface area contributed by atoms with Crippen LogP contribution in [0.1, 0.15) is 38.8 Å². The molecule has 3 heterocycles. The van der Waals surface area contributed by atoms with E-state index in [1.165, 1.54) is 11.1 Å². The number of aromatic nitrogens is 3. The molecule has 0 radical (unpaired) electrons. The molecule has 0 aliphatic carbocycles. The molecule has 336 valence electrons. The molecule has 0 saturated carbocycles. The predicted molar refractivity (Wildman–Crippen MR) is 275 cm³/mol. The molecule has 10 rings (SSSR count). The quantitative estimate of drug-likeness (QED) is 0.108. The molecule has 3 aromatic heterocycles. The Kier molecular flexibility index (Phi) is 13.6. The number of rotatable bonds is 13. The second-order valence-electron chi connectivity index (χ2n) is 17.7. The van der Waals surface area contributed by atoms with Crippen molar-refractivity contribution in [3.8, 4) is 89.8 Å². The number of nitrogens with zero attached hydrogens (tertiary/aromatic N) is 3. The molecule has 6 heteroatoms. The summed E-state index contributed by atoms with van der Waals surface area (Å²) in [5.41, 5.74) is 14.6. The van der Waals surface area contributed by atoms with Crippen LogP contribution in [-0.4, -0.2) is 15.0 Å². The molecule has 0 saturated heterocycles. The fourth-order valence-electron chi connectivity index (χ4n) is 8.50. The first-order valence-electron chi connectivity index (χ1n) is 22.8. The van der Waals surface area contributed by atoms with Crippen LogP contribution in [-0.2, 0) is 31.3 Å². The number of hydrogen-bond acceptors (Lipinski definition) is 5. The summed E-state index contributed by atoms with van der Waals surface area (Å²) >= 11 is 0. The summed E-state index contributed by atoms with van der Waals surface area (Å²) in [4.78, 5) is 13.8. The molecule has 7 aromatic carbocycles. The van der Waals surface area contributed by atoms with E-state index in [1.807, 2.05) is 79.0 Å². The maximum absolute atomic E-state index is 6.96. The number of ether oxygens (including phenoxy) is 2. The van der Waals surface area contributed by atoms with Gasteiger partial charge in [-0.2, -0.15) is 0 Å². The average Bonchev–Trinajstić information content (AvgIpc) is 3.39. The number of benzene rings is 7. The van der Waals surface area contributed by atoms with Gasteiger partial charge in [0, 0.05) is 24.7 Å². The SMILES string of the molecule is CC(C)(Oc1cc(OC(C)(C)c2c[c-]c(-c3ccccn3)cc2)cc(-c2ccccc2-c2c[c-]c(-c3cc(-c4ccc(-c5ccccc5)cc4)ccn3)cc2)c1)c1c[c-]c(-c2ccccn2)cc1.[Ir+3]. The normalized spacial score (nSPS) is 11.4. The fraction of sp³-hybridized carbons (Fsp3) is 0.0952. The summed E-state index contributed by atoms with van der Waals surface area (Å²) < 4.78 is 13.9. The summed E-state index contributed by atoms with van der Waals surface area (Å²) in [6, 6.07) is 78.7. The zero-order chi connectivity index (χ0) is 46.5. The van der Waals surface area contributed by atoms with Gasteiger partial charge in [-0.3, -0.25) is 0 Å². The first-order valence-corrected chi connectivity index (χ1v) is 22.8. The second kappa shape index (κ2) is 20.2. The molecule has 0 fully saturated rings. The van der Waals surface area contributed by atoms with E-state index in [0.29, 0.717) is 11.5 Å². The van der Waals surface area contributed by atoms with Gasteiger partial charge in [0.15, 0.2) is 0 Å². The van der Waals surface area contributed by atoms with Crippen molar-refractivity contribution >= 4 is 0 Å². The molecular formula is C63H48IrN3O2. The van der Waals surface area contributed by atoms with Crippen LogP contribution in [0.4, 0.5) is 0 Å². The standard InChI is InChI=1S/C63H48N3O2.Ir/c1-62(2,53-32-28-48(29-33-53)59-18-10-12-37-64-59)67-55-40-52(41-56(43-55)68-63(3,4)54-34-30-49(31-35-54)60-19-11-13-38-65-60)58-17-9-8-16-57(58)47-24-26-50(27-25-47)61-42-51(36-39-66-61)46-22-20-45(21-23-46)44-14-6-5-7-15-44;/h5-26,28,30,32-43H,1-4H3;/q-3;+3. The van der Waals surface area contributed by atoms with Crippen molar-refractivity contribution in [2.45, 2.75) is 38.9 Å². The molecule has 0 aliphatic rings. The minimum Gasteiger partial charge on any atom is -0.492 e. The van der Waals surface area contributed by atoms with E-state index >= 15 is 0 Å². The first-order chi connectivity index (χ1) is 33.1. The molecule has 5 nitrogen and oxygen atoms in total. The van der Waals surface area contributed by atoms with E-state index in [4.69, 9.17) is 14.5 Å². The Labute approximate surface area is 418 Å². The third-order valence-corrected chi connectivity index (χ3v) is 12.2. The Hall–Kier alpha value is -7.76. The van der Waals surface area contributed by atoms with Gasteiger partial charge in [-0.15, -0.1) is 89.5 Å².